The summed E-state index contributed by atoms with van der Waals surface area (Å²) in [6.45, 7) is 2.37. The van der Waals surface area contributed by atoms with Crippen LogP contribution in [0.3, 0.4) is 0 Å². The van der Waals surface area contributed by atoms with E-state index >= 15 is 0 Å². The molecule has 0 nitrogen and oxygen atoms in total. The van der Waals surface area contributed by atoms with Crippen molar-refractivity contribution in [1.82, 2.24) is 0 Å². The molecule has 0 heterocycles. The average Bonchev–Trinajstić information content (AvgIpc) is 2.81. The van der Waals surface area contributed by atoms with Crippen LogP contribution in [-0.4, -0.2) is 5.40 Å². The topological polar surface area (TPSA) is 0 Å². The van der Waals surface area contributed by atoms with Crippen molar-refractivity contribution in [3.8, 4) is 0 Å². The van der Waals surface area contributed by atoms with Gasteiger partial charge in [-0.25, -0.2) is 0 Å². The van der Waals surface area contributed by atoms with Crippen molar-refractivity contribution in [3.63, 3.8) is 0 Å². The van der Waals surface area contributed by atoms with E-state index in [0.717, 1.165) is 6.42 Å². The Bertz CT molecular complexity index is 830. The predicted octanol–water partition coefficient (Wildman–Crippen LogP) is 5.99. The minimum atomic E-state index is -0.472. The second-order valence-electron chi connectivity index (χ2n) is 6.97. The Hall–Kier alpha value is -1.60. The standard InChI is InChI=1S/C27H26P2.Pd/c1-2-27(28(23-15-7-3-8-16-23)24-17-9-4-10-18-24)29(25-19-11-5-12-20-25)26-21-13-6-14-22-26;/h3-22,27H,2H2,1H3;. The maximum Gasteiger partial charge on any atom is 0.0152 e. The molecule has 0 aliphatic carbocycles. The molecule has 4 rings (SSSR count). The zero-order valence-corrected chi connectivity index (χ0v) is 20.4. The van der Waals surface area contributed by atoms with Gasteiger partial charge in [0.05, 0.1) is 0 Å². The van der Waals surface area contributed by atoms with Crippen molar-refractivity contribution >= 4 is 37.1 Å². The van der Waals surface area contributed by atoms with Crippen molar-refractivity contribution in [1.29, 1.82) is 0 Å². The van der Waals surface area contributed by atoms with Gasteiger partial charge < -0.3 is 0 Å². The first-order chi connectivity index (χ1) is 14.4. The van der Waals surface area contributed by atoms with Gasteiger partial charge in [-0.3, -0.25) is 0 Å². The van der Waals surface area contributed by atoms with Gasteiger partial charge in [-0.05, 0) is 43.5 Å². The summed E-state index contributed by atoms with van der Waals surface area (Å²) < 4.78 is 0. The molecule has 3 heteroatoms. The summed E-state index contributed by atoms with van der Waals surface area (Å²) in [4.78, 5) is 0. The van der Waals surface area contributed by atoms with E-state index in [1.165, 1.54) is 21.2 Å². The van der Waals surface area contributed by atoms with E-state index in [2.05, 4.69) is 128 Å². The van der Waals surface area contributed by atoms with Gasteiger partial charge in [-0.2, -0.15) is 0 Å². The first-order valence-corrected chi connectivity index (χ1v) is 13.0. The molecule has 0 bridgehead atoms. The van der Waals surface area contributed by atoms with Crippen LogP contribution in [0.25, 0.3) is 0 Å². The van der Waals surface area contributed by atoms with Gasteiger partial charge in [0.15, 0.2) is 0 Å². The van der Waals surface area contributed by atoms with Crippen LogP contribution >= 0.6 is 15.8 Å². The normalized spacial score (nSPS) is 10.9. The molecule has 0 aromatic heterocycles. The Morgan fingerprint density at radius 3 is 0.900 bits per heavy atom. The van der Waals surface area contributed by atoms with Gasteiger partial charge in [0.25, 0.3) is 0 Å². The summed E-state index contributed by atoms with van der Waals surface area (Å²) in [6.07, 6.45) is 1.16. The van der Waals surface area contributed by atoms with Gasteiger partial charge in [-0.15, -0.1) is 0 Å². The zero-order chi connectivity index (χ0) is 19.9. The van der Waals surface area contributed by atoms with Gasteiger partial charge in [0.1, 0.15) is 0 Å². The SMILES string of the molecule is CCC(P(c1ccccc1)c1ccccc1)P(c1ccccc1)c1ccccc1.[Pd]. The molecule has 0 aliphatic rings. The first-order valence-electron chi connectivity index (χ1n) is 10.2. The predicted molar refractivity (Wildman–Crippen MR) is 132 cm³/mol. The molecule has 0 saturated heterocycles. The summed E-state index contributed by atoms with van der Waals surface area (Å²) in [5.41, 5.74) is 0. The molecular formula is C27H26P2Pd. The molecule has 4 aromatic rings. The van der Waals surface area contributed by atoms with Gasteiger partial charge >= 0.3 is 0 Å². The van der Waals surface area contributed by atoms with Crippen molar-refractivity contribution < 1.29 is 20.4 Å². The van der Waals surface area contributed by atoms with E-state index in [1.807, 2.05) is 0 Å². The van der Waals surface area contributed by atoms with E-state index in [4.69, 9.17) is 0 Å². The van der Waals surface area contributed by atoms with Gasteiger partial charge in [-0.1, -0.05) is 128 Å². The van der Waals surface area contributed by atoms with Crippen molar-refractivity contribution in [2.45, 2.75) is 18.7 Å². The van der Waals surface area contributed by atoms with Crippen LogP contribution in [-0.2, 0) is 20.4 Å². The van der Waals surface area contributed by atoms with Crippen LogP contribution < -0.4 is 21.2 Å². The molecule has 0 aliphatic heterocycles. The van der Waals surface area contributed by atoms with Gasteiger partial charge in [0, 0.05) is 25.8 Å². The molecule has 154 valence electrons. The Balaban J connectivity index is 0.00000256. The number of rotatable bonds is 7. The van der Waals surface area contributed by atoms with Gasteiger partial charge in [0.2, 0.25) is 0 Å². The summed E-state index contributed by atoms with van der Waals surface area (Å²) >= 11 is 0. The maximum absolute atomic E-state index is 2.37. The Kier molecular flexibility index (Phi) is 9.00. The molecular weight excluding hydrogens is 493 g/mol. The largest absolute Gasteiger partial charge is 0.0644 e. The minimum absolute atomic E-state index is 0. The Morgan fingerprint density at radius 1 is 0.467 bits per heavy atom. The molecule has 0 N–H and O–H groups in total. The second-order valence-corrected chi connectivity index (χ2v) is 12.2. The fraction of sp³-hybridized carbons (Fsp3) is 0.111. The summed E-state index contributed by atoms with van der Waals surface area (Å²) in [5, 5.41) is 6.47. The van der Waals surface area contributed by atoms with Crippen LogP contribution in [0.15, 0.2) is 121 Å². The van der Waals surface area contributed by atoms with E-state index in [9.17, 15) is 0 Å². The van der Waals surface area contributed by atoms with Crippen molar-refractivity contribution in [2.75, 3.05) is 0 Å². The quantitative estimate of drug-likeness (QED) is 0.208. The molecule has 0 fully saturated rings. The number of benzene rings is 4. The van der Waals surface area contributed by atoms with E-state index in [-0.39, 0.29) is 20.4 Å². The number of hydrogen-bond acceptors (Lipinski definition) is 0. The third-order valence-electron chi connectivity index (χ3n) is 5.10. The second kappa shape index (κ2) is 11.7. The smallest absolute Gasteiger partial charge is 0.0152 e. The summed E-state index contributed by atoms with van der Waals surface area (Å²) in [7, 11) is -0.944. The van der Waals surface area contributed by atoms with E-state index in [0.29, 0.717) is 5.40 Å². The molecule has 0 unspecified atom stereocenters. The van der Waals surface area contributed by atoms with Crippen molar-refractivity contribution in [2.24, 2.45) is 0 Å². The maximum atomic E-state index is 2.37. The first kappa shape index (κ1) is 23.1. The third-order valence-corrected chi connectivity index (χ3v) is 11.8. The molecule has 30 heavy (non-hydrogen) atoms. The Morgan fingerprint density at radius 2 is 0.700 bits per heavy atom. The molecule has 0 atom stereocenters. The molecule has 4 aromatic carbocycles. The molecule has 0 radical (unpaired) electrons. The van der Waals surface area contributed by atoms with Crippen LogP contribution in [0.2, 0.25) is 0 Å². The number of hydrogen-bond donors (Lipinski definition) is 0. The van der Waals surface area contributed by atoms with E-state index < -0.39 is 15.8 Å². The molecule has 0 spiro atoms. The minimum Gasteiger partial charge on any atom is -0.0644 e. The third kappa shape index (κ3) is 5.36. The van der Waals surface area contributed by atoms with Crippen LogP contribution in [0, 0.1) is 0 Å². The van der Waals surface area contributed by atoms with Crippen molar-refractivity contribution in [3.05, 3.63) is 121 Å². The summed E-state index contributed by atoms with van der Waals surface area (Å²) in [5.74, 6) is 0. The average molecular weight is 519 g/mol. The molecule has 0 amide bonds. The van der Waals surface area contributed by atoms with Crippen LogP contribution in [0.1, 0.15) is 13.3 Å². The molecule has 0 saturated carbocycles. The van der Waals surface area contributed by atoms with Crippen LogP contribution in [0.5, 0.6) is 0 Å². The van der Waals surface area contributed by atoms with E-state index in [1.54, 1.807) is 0 Å². The monoisotopic (exact) mass is 518 g/mol. The zero-order valence-electron chi connectivity index (χ0n) is 17.0. The fourth-order valence-electron chi connectivity index (χ4n) is 3.82. The summed E-state index contributed by atoms with van der Waals surface area (Å²) in [6, 6.07) is 44.6. The fourth-order valence-corrected chi connectivity index (χ4v) is 11.0. The van der Waals surface area contributed by atoms with Crippen LogP contribution in [0.4, 0.5) is 0 Å². The Labute approximate surface area is 196 Å².